The summed E-state index contributed by atoms with van der Waals surface area (Å²) in [6, 6.07) is 9.23. The third-order valence-electron chi connectivity index (χ3n) is 5.64. The minimum absolute atomic E-state index is 0.0930. The molecule has 0 unspecified atom stereocenters. The average Bonchev–Trinajstić information content (AvgIpc) is 3.51. The summed E-state index contributed by atoms with van der Waals surface area (Å²) in [6.45, 7) is 6.34. The Labute approximate surface area is 196 Å². The highest BCUT2D eigenvalue weighted by Crippen LogP contribution is 2.30. The summed E-state index contributed by atoms with van der Waals surface area (Å²) in [5, 5.41) is 16.4. The number of anilines is 3. The van der Waals surface area contributed by atoms with E-state index in [9.17, 15) is 14.7 Å². The molecule has 0 atom stereocenters. The first-order valence-electron chi connectivity index (χ1n) is 10.9. The lowest BCUT2D eigenvalue weighted by Crippen LogP contribution is -2.34. The van der Waals surface area contributed by atoms with Gasteiger partial charge < -0.3 is 20.6 Å². The molecular weight excluding hydrogens is 438 g/mol. The lowest BCUT2D eigenvalue weighted by Gasteiger charge is -2.20. The first kappa shape index (κ1) is 22.7. The lowest BCUT2D eigenvalue weighted by atomic mass is 10.1. The molecule has 4 rings (SSSR count). The highest BCUT2D eigenvalue weighted by atomic mass is 32.1. The van der Waals surface area contributed by atoms with E-state index in [0.29, 0.717) is 45.4 Å². The molecule has 0 spiro atoms. The van der Waals surface area contributed by atoms with Crippen molar-refractivity contribution < 1.29 is 14.7 Å². The average molecular weight is 466 g/mol. The number of rotatable bonds is 8. The maximum atomic E-state index is 12.7. The van der Waals surface area contributed by atoms with Crippen molar-refractivity contribution in [2.75, 3.05) is 17.2 Å². The zero-order chi connectivity index (χ0) is 23.5. The van der Waals surface area contributed by atoms with Crippen molar-refractivity contribution in [3.63, 3.8) is 0 Å². The third kappa shape index (κ3) is 5.31. The van der Waals surface area contributed by atoms with E-state index >= 15 is 0 Å². The molecule has 1 aliphatic rings. The van der Waals surface area contributed by atoms with Crippen molar-refractivity contribution in [1.29, 1.82) is 0 Å². The molecule has 0 saturated heterocycles. The number of nitrogens with zero attached hydrogens (tertiary/aromatic N) is 3. The summed E-state index contributed by atoms with van der Waals surface area (Å²) in [7, 11) is 0. The second kappa shape index (κ2) is 9.58. The van der Waals surface area contributed by atoms with E-state index < -0.39 is 0 Å². The van der Waals surface area contributed by atoms with Crippen molar-refractivity contribution in [2.24, 2.45) is 0 Å². The molecule has 3 N–H and O–H groups in total. The summed E-state index contributed by atoms with van der Waals surface area (Å²) in [5.74, 6) is 0.488. The quantitative estimate of drug-likeness (QED) is 0.455. The van der Waals surface area contributed by atoms with Crippen LogP contribution in [0.4, 0.5) is 16.6 Å². The number of carbonyl (C=O) groups is 2. The highest BCUT2D eigenvalue weighted by molar-refractivity contribution is 7.17. The Kier molecular flexibility index (Phi) is 6.60. The fourth-order valence-corrected chi connectivity index (χ4v) is 4.40. The summed E-state index contributed by atoms with van der Waals surface area (Å²) in [4.78, 5) is 36.5. The topological polar surface area (TPSA) is 107 Å². The summed E-state index contributed by atoms with van der Waals surface area (Å²) >= 11 is 1.20. The van der Waals surface area contributed by atoms with Gasteiger partial charge in [0.2, 0.25) is 5.91 Å². The highest BCUT2D eigenvalue weighted by Gasteiger charge is 2.31. The number of hydrogen-bond donors (Lipinski definition) is 3. The number of phenols is 1. The van der Waals surface area contributed by atoms with E-state index in [2.05, 4.69) is 20.6 Å². The Morgan fingerprint density at radius 1 is 1.21 bits per heavy atom. The van der Waals surface area contributed by atoms with Gasteiger partial charge in [0, 0.05) is 18.2 Å². The van der Waals surface area contributed by atoms with Gasteiger partial charge in [-0.05, 0) is 57.4 Å². The molecule has 1 aromatic carbocycles. The van der Waals surface area contributed by atoms with Gasteiger partial charge in [-0.1, -0.05) is 23.5 Å². The number of aromatic hydroxyl groups is 1. The third-order valence-corrected chi connectivity index (χ3v) is 6.55. The predicted octanol–water partition coefficient (Wildman–Crippen LogP) is 4.41. The standard InChI is InChI=1S/C24H27N5O3S/c1-4-29(17-9-10-17)21(31)12-16-6-5-7-20(26-16)27-24-25-13-19(33-24)23(32)28-22-14(2)8-11-18(30)15(22)3/h5-8,11,13,17,30H,4,9-10,12H2,1-3H3,(H,28,32)(H,25,26,27). The molecule has 0 aliphatic heterocycles. The maximum absolute atomic E-state index is 12.7. The second-order valence-electron chi connectivity index (χ2n) is 8.11. The molecule has 2 aromatic heterocycles. The van der Waals surface area contributed by atoms with E-state index in [1.807, 2.05) is 30.9 Å². The van der Waals surface area contributed by atoms with E-state index in [1.165, 1.54) is 17.5 Å². The van der Waals surface area contributed by atoms with Crippen LogP contribution in [0.3, 0.4) is 0 Å². The van der Waals surface area contributed by atoms with Crippen LogP contribution in [-0.4, -0.2) is 44.4 Å². The van der Waals surface area contributed by atoms with Gasteiger partial charge in [-0.25, -0.2) is 9.97 Å². The largest absolute Gasteiger partial charge is 0.508 e. The Hall–Kier alpha value is -3.46. The van der Waals surface area contributed by atoms with E-state index in [-0.39, 0.29) is 24.0 Å². The van der Waals surface area contributed by atoms with Crippen LogP contribution in [0.2, 0.25) is 0 Å². The van der Waals surface area contributed by atoms with Crippen LogP contribution in [0.1, 0.15) is 46.3 Å². The molecular formula is C24H27N5O3S. The molecule has 2 amide bonds. The smallest absolute Gasteiger partial charge is 0.267 e. The second-order valence-corrected chi connectivity index (χ2v) is 9.14. The van der Waals surface area contributed by atoms with Gasteiger partial charge in [-0.2, -0.15) is 0 Å². The van der Waals surface area contributed by atoms with E-state index in [0.717, 1.165) is 18.4 Å². The molecule has 0 bridgehead atoms. The summed E-state index contributed by atoms with van der Waals surface area (Å²) < 4.78 is 0. The minimum Gasteiger partial charge on any atom is -0.508 e. The fraction of sp³-hybridized carbons (Fsp3) is 0.333. The van der Waals surface area contributed by atoms with Crippen molar-refractivity contribution in [1.82, 2.24) is 14.9 Å². The number of benzene rings is 1. The zero-order valence-electron chi connectivity index (χ0n) is 18.9. The molecule has 9 heteroatoms. The molecule has 172 valence electrons. The van der Waals surface area contributed by atoms with Gasteiger partial charge in [0.15, 0.2) is 5.13 Å². The maximum Gasteiger partial charge on any atom is 0.267 e. The molecule has 3 aromatic rings. The first-order chi connectivity index (χ1) is 15.9. The predicted molar refractivity (Wildman–Crippen MR) is 129 cm³/mol. The molecule has 1 aliphatic carbocycles. The number of carbonyl (C=O) groups excluding carboxylic acids is 2. The molecule has 2 heterocycles. The molecule has 1 saturated carbocycles. The van der Waals surface area contributed by atoms with Crippen LogP contribution in [0.5, 0.6) is 5.75 Å². The van der Waals surface area contributed by atoms with Gasteiger partial charge in [0.25, 0.3) is 5.91 Å². The first-order valence-corrected chi connectivity index (χ1v) is 11.8. The molecule has 33 heavy (non-hydrogen) atoms. The van der Waals surface area contributed by atoms with Crippen LogP contribution in [0.15, 0.2) is 36.5 Å². The number of phenolic OH excluding ortho intramolecular Hbond substituents is 1. The number of hydrogen-bond acceptors (Lipinski definition) is 7. The number of thiazole rings is 1. The van der Waals surface area contributed by atoms with E-state index in [4.69, 9.17) is 0 Å². The lowest BCUT2D eigenvalue weighted by molar-refractivity contribution is -0.130. The van der Waals surface area contributed by atoms with Crippen LogP contribution >= 0.6 is 11.3 Å². The number of nitrogens with one attached hydrogen (secondary N) is 2. The van der Waals surface area contributed by atoms with E-state index in [1.54, 1.807) is 25.1 Å². The Morgan fingerprint density at radius 2 is 2.00 bits per heavy atom. The van der Waals surface area contributed by atoms with Gasteiger partial charge >= 0.3 is 0 Å². The van der Waals surface area contributed by atoms with Crippen LogP contribution < -0.4 is 10.6 Å². The van der Waals surface area contributed by atoms with Gasteiger partial charge in [-0.3, -0.25) is 9.59 Å². The number of pyridine rings is 1. The van der Waals surface area contributed by atoms with Crippen LogP contribution in [-0.2, 0) is 11.2 Å². The number of likely N-dealkylation sites (N-methyl/N-ethyl adjacent to an activating group) is 1. The Morgan fingerprint density at radius 3 is 2.73 bits per heavy atom. The van der Waals surface area contributed by atoms with Crippen LogP contribution in [0, 0.1) is 13.8 Å². The zero-order valence-corrected chi connectivity index (χ0v) is 19.7. The summed E-state index contributed by atoms with van der Waals surface area (Å²) in [6.07, 6.45) is 3.92. The van der Waals surface area contributed by atoms with Crippen LogP contribution in [0.25, 0.3) is 0 Å². The van der Waals surface area contributed by atoms with Crippen molar-refractivity contribution in [3.8, 4) is 5.75 Å². The molecule has 1 fully saturated rings. The van der Waals surface area contributed by atoms with Crippen molar-refractivity contribution in [3.05, 3.63) is 58.2 Å². The Bertz CT molecular complexity index is 1190. The molecule has 8 nitrogen and oxygen atoms in total. The minimum atomic E-state index is -0.301. The number of aromatic nitrogens is 2. The fourth-order valence-electron chi connectivity index (χ4n) is 3.68. The van der Waals surface area contributed by atoms with Crippen molar-refractivity contribution in [2.45, 2.75) is 46.1 Å². The molecule has 0 radical (unpaired) electrons. The van der Waals surface area contributed by atoms with Crippen molar-refractivity contribution >= 4 is 39.8 Å². The summed E-state index contributed by atoms with van der Waals surface area (Å²) in [5.41, 5.74) is 2.76. The number of amides is 2. The Balaban J connectivity index is 1.41. The van der Waals surface area contributed by atoms with Gasteiger partial charge in [0.05, 0.1) is 24.0 Å². The monoisotopic (exact) mass is 465 g/mol. The normalized spacial score (nSPS) is 12.9. The van der Waals surface area contributed by atoms with Gasteiger partial charge in [-0.15, -0.1) is 0 Å². The number of aryl methyl sites for hydroxylation is 1. The van der Waals surface area contributed by atoms with Gasteiger partial charge in [0.1, 0.15) is 16.4 Å². The SMILES string of the molecule is CCN(C(=O)Cc1cccc(Nc2ncc(C(=O)Nc3c(C)ccc(O)c3C)s2)n1)C1CC1.